The van der Waals surface area contributed by atoms with Crippen molar-refractivity contribution in [2.24, 2.45) is 5.73 Å². The second-order valence-corrected chi connectivity index (χ2v) is 4.24. The summed E-state index contributed by atoms with van der Waals surface area (Å²) in [5.41, 5.74) is 6.48. The van der Waals surface area contributed by atoms with E-state index in [1.54, 1.807) is 7.11 Å². The lowest BCUT2D eigenvalue weighted by atomic mass is 10.1. The molecule has 0 spiro atoms. The third-order valence-electron chi connectivity index (χ3n) is 1.90. The van der Waals surface area contributed by atoms with E-state index in [9.17, 15) is 0 Å². The first-order valence-corrected chi connectivity index (χ1v) is 5.50. The molecule has 0 bridgehead atoms. The third-order valence-corrected chi connectivity index (χ3v) is 2.68. The van der Waals surface area contributed by atoms with Crippen LogP contribution in [0.2, 0.25) is 0 Å². The van der Waals surface area contributed by atoms with Gasteiger partial charge in [-0.3, -0.25) is 0 Å². The Morgan fingerprint density at radius 3 is 2.36 bits per heavy atom. The van der Waals surface area contributed by atoms with E-state index in [1.165, 1.54) is 0 Å². The molecule has 1 aromatic rings. The highest BCUT2D eigenvalue weighted by Crippen LogP contribution is 2.29. The number of hydrogen-bond donors (Lipinski definition) is 3. The average molecular weight is 215 g/mol. The molecule has 0 aliphatic carbocycles. The Kier molecular flexibility index (Phi) is 4.29. The fraction of sp³-hybridized carbons (Fsp3) is 0.333. The van der Waals surface area contributed by atoms with Gasteiger partial charge >= 0.3 is 0 Å². The minimum absolute atomic E-state index is 0.461. The van der Waals surface area contributed by atoms with Gasteiger partial charge in [-0.05, 0) is 24.1 Å². The molecule has 0 saturated carbocycles. The molecular formula is C9H14NO3P. The molecule has 0 saturated heterocycles. The van der Waals surface area contributed by atoms with Gasteiger partial charge in [0, 0.05) is 0 Å². The first-order valence-electron chi connectivity index (χ1n) is 4.19. The lowest BCUT2D eigenvalue weighted by molar-refractivity contribution is 0.414. The summed E-state index contributed by atoms with van der Waals surface area (Å²) in [5, 5.41) is 0. The Labute approximate surface area is 84.2 Å². The smallest absolute Gasteiger partial charge is 0.183 e. The van der Waals surface area contributed by atoms with Crippen LogP contribution >= 0.6 is 8.38 Å². The minimum Gasteiger partial charge on any atom is -0.497 e. The summed E-state index contributed by atoms with van der Waals surface area (Å²) in [6.45, 7) is 0. The average Bonchev–Trinajstić information content (AvgIpc) is 2.19. The molecule has 0 aliphatic heterocycles. The highest BCUT2D eigenvalue weighted by Gasteiger charge is 2.12. The molecule has 0 radical (unpaired) electrons. The maximum absolute atomic E-state index is 8.85. The van der Waals surface area contributed by atoms with Crippen molar-refractivity contribution in [2.45, 2.75) is 12.2 Å². The summed E-state index contributed by atoms with van der Waals surface area (Å²) in [4.78, 5) is 17.7. The molecule has 1 aromatic carbocycles. The highest BCUT2D eigenvalue weighted by atomic mass is 31.2. The minimum atomic E-state index is -2.05. The van der Waals surface area contributed by atoms with E-state index in [-0.39, 0.29) is 0 Å². The second-order valence-electron chi connectivity index (χ2n) is 2.94. The van der Waals surface area contributed by atoms with Gasteiger partial charge in [-0.2, -0.15) is 0 Å². The van der Waals surface area contributed by atoms with E-state index in [2.05, 4.69) is 0 Å². The summed E-state index contributed by atoms with van der Waals surface area (Å²) in [5.74, 6) is 0.191. The van der Waals surface area contributed by atoms with Crippen LogP contribution in [-0.2, 0) is 6.42 Å². The van der Waals surface area contributed by atoms with Crippen LogP contribution in [0.25, 0.3) is 0 Å². The van der Waals surface area contributed by atoms with Gasteiger partial charge < -0.3 is 20.3 Å². The first kappa shape index (κ1) is 11.4. The van der Waals surface area contributed by atoms with Gasteiger partial charge in [-0.15, -0.1) is 0 Å². The topological polar surface area (TPSA) is 75.7 Å². The van der Waals surface area contributed by atoms with Crippen molar-refractivity contribution in [3.63, 3.8) is 0 Å². The van der Waals surface area contributed by atoms with Gasteiger partial charge in [-0.1, -0.05) is 12.1 Å². The zero-order valence-corrected chi connectivity index (χ0v) is 8.82. The van der Waals surface area contributed by atoms with Crippen LogP contribution in [0.15, 0.2) is 24.3 Å². The van der Waals surface area contributed by atoms with Crippen LogP contribution in [0.4, 0.5) is 0 Å². The van der Waals surface area contributed by atoms with Crippen molar-refractivity contribution in [1.82, 2.24) is 0 Å². The van der Waals surface area contributed by atoms with Gasteiger partial charge in [0.25, 0.3) is 0 Å². The lowest BCUT2D eigenvalue weighted by Gasteiger charge is -2.12. The van der Waals surface area contributed by atoms with Gasteiger partial charge in [0.1, 0.15) is 5.75 Å². The molecular weight excluding hydrogens is 201 g/mol. The number of nitrogens with two attached hydrogens (primary N) is 1. The van der Waals surface area contributed by atoms with Crippen molar-refractivity contribution in [3.8, 4) is 5.75 Å². The number of methoxy groups -OCH3 is 1. The Balaban J connectivity index is 2.59. The molecule has 5 heteroatoms. The van der Waals surface area contributed by atoms with Gasteiger partial charge in [0.15, 0.2) is 8.38 Å². The Morgan fingerprint density at radius 2 is 1.93 bits per heavy atom. The standard InChI is InChI=1S/C9H14NO3P/c1-13-8-4-2-7(3-5-8)6-9(10)14(11)12/h2-5,9,11-12H,6,10H2,1H3/t9-/m1/s1. The Morgan fingerprint density at radius 1 is 1.36 bits per heavy atom. The van der Waals surface area contributed by atoms with Crippen LogP contribution in [0.3, 0.4) is 0 Å². The van der Waals surface area contributed by atoms with E-state index < -0.39 is 14.2 Å². The summed E-state index contributed by atoms with van der Waals surface area (Å²) < 4.78 is 5.00. The van der Waals surface area contributed by atoms with Crippen LogP contribution in [-0.4, -0.2) is 22.7 Å². The predicted octanol–water partition coefficient (Wildman–Crippen LogP) is 0.819. The quantitative estimate of drug-likeness (QED) is 0.650. The zero-order valence-electron chi connectivity index (χ0n) is 7.92. The van der Waals surface area contributed by atoms with Crippen LogP contribution in [0.5, 0.6) is 5.75 Å². The monoisotopic (exact) mass is 215 g/mol. The molecule has 0 aliphatic rings. The molecule has 14 heavy (non-hydrogen) atoms. The molecule has 0 unspecified atom stereocenters. The molecule has 1 rings (SSSR count). The normalized spacial score (nSPS) is 12.9. The molecule has 0 aromatic heterocycles. The van der Waals surface area contributed by atoms with Crippen molar-refractivity contribution >= 4 is 8.38 Å². The van der Waals surface area contributed by atoms with Crippen LogP contribution < -0.4 is 10.5 Å². The summed E-state index contributed by atoms with van der Waals surface area (Å²) in [6.07, 6.45) is 0.461. The number of benzene rings is 1. The molecule has 0 fully saturated rings. The van der Waals surface area contributed by atoms with Gasteiger partial charge in [0.2, 0.25) is 0 Å². The molecule has 78 valence electrons. The lowest BCUT2D eigenvalue weighted by Crippen LogP contribution is -2.20. The Bertz CT molecular complexity index is 276. The van der Waals surface area contributed by atoms with E-state index in [4.69, 9.17) is 20.3 Å². The number of ether oxygens (including phenoxy) is 1. The maximum atomic E-state index is 8.85. The molecule has 4 N–H and O–H groups in total. The van der Waals surface area contributed by atoms with E-state index in [1.807, 2.05) is 24.3 Å². The molecule has 0 amide bonds. The first-order chi connectivity index (χ1) is 6.63. The number of hydrogen-bond acceptors (Lipinski definition) is 4. The van der Waals surface area contributed by atoms with E-state index in [0.29, 0.717) is 6.42 Å². The van der Waals surface area contributed by atoms with E-state index >= 15 is 0 Å². The van der Waals surface area contributed by atoms with Gasteiger partial charge in [-0.25, -0.2) is 0 Å². The fourth-order valence-electron chi connectivity index (χ4n) is 1.08. The van der Waals surface area contributed by atoms with Crippen LogP contribution in [0.1, 0.15) is 5.56 Å². The van der Waals surface area contributed by atoms with Crippen molar-refractivity contribution in [3.05, 3.63) is 29.8 Å². The Hall–Kier alpha value is -0.670. The second kappa shape index (κ2) is 5.27. The predicted molar refractivity (Wildman–Crippen MR) is 56.0 cm³/mol. The number of rotatable bonds is 4. The fourth-order valence-corrected chi connectivity index (χ4v) is 1.46. The molecule has 0 heterocycles. The van der Waals surface area contributed by atoms with Crippen LogP contribution in [0, 0.1) is 0 Å². The van der Waals surface area contributed by atoms with Crippen molar-refractivity contribution in [1.29, 1.82) is 0 Å². The zero-order chi connectivity index (χ0) is 10.6. The molecule has 4 nitrogen and oxygen atoms in total. The summed E-state index contributed by atoms with van der Waals surface area (Å²) in [7, 11) is -0.451. The van der Waals surface area contributed by atoms with E-state index in [0.717, 1.165) is 11.3 Å². The largest absolute Gasteiger partial charge is 0.497 e. The molecule has 1 atom stereocenters. The highest BCUT2D eigenvalue weighted by molar-refractivity contribution is 7.45. The third kappa shape index (κ3) is 3.24. The summed E-state index contributed by atoms with van der Waals surface area (Å²) in [6, 6.07) is 7.35. The maximum Gasteiger partial charge on any atom is 0.183 e. The van der Waals surface area contributed by atoms with Crippen molar-refractivity contribution in [2.75, 3.05) is 7.11 Å². The van der Waals surface area contributed by atoms with Gasteiger partial charge in [0.05, 0.1) is 12.9 Å². The SMILES string of the molecule is COc1ccc(C[C@H](N)P(O)O)cc1. The summed E-state index contributed by atoms with van der Waals surface area (Å²) >= 11 is 0. The van der Waals surface area contributed by atoms with Crippen molar-refractivity contribution < 1.29 is 14.5 Å².